The van der Waals surface area contributed by atoms with Crippen LogP contribution in [0.15, 0.2) is 36.4 Å². The monoisotopic (exact) mass is 364 g/mol. The largest absolute Gasteiger partial charge is 0.465 e. The van der Waals surface area contributed by atoms with Gasteiger partial charge in [0, 0.05) is 11.1 Å². The summed E-state index contributed by atoms with van der Waals surface area (Å²) in [6.45, 7) is 11.2. The van der Waals surface area contributed by atoms with Crippen molar-refractivity contribution in [1.29, 1.82) is 0 Å². The molecule has 0 amide bonds. The minimum Gasteiger partial charge on any atom is -0.465 e. The van der Waals surface area contributed by atoms with Gasteiger partial charge in [-0.2, -0.15) is 0 Å². The number of methoxy groups -OCH3 is 1. The third-order valence-corrected chi connectivity index (χ3v) is 6.06. The van der Waals surface area contributed by atoms with Crippen LogP contribution in [-0.2, 0) is 15.6 Å². The van der Waals surface area contributed by atoms with Crippen molar-refractivity contribution in [3.05, 3.63) is 69.8 Å². The summed E-state index contributed by atoms with van der Waals surface area (Å²) in [6, 6.07) is 10.8. The Balaban J connectivity index is 2.06. The van der Waals surface area contributed by atoms with E-state index in [0.717, 1.165) is 24.0 Å². The van der Waals surface area contributed by atoms with Crippen molar-refractivity contribution in [1.82, 2.24) is 0 Å². The fourth-order valence-electron chi connectivity index (χ4n) is 4.31. The van der Waals surface area contributed by atoms with Gasteiger partial charge in [-0.1, -0.05) is 52.0 Å². The van der Waals surface area contributed by atoms with Crippen LogP contribution in [0.25, 0.3) is 0 Å². The van der Waals surface area contributed by atoms with Crippen LogP contribution in [0.5, 0.6) is 0 Å². The summed E-state index contributed by atoms with van der Waals surface area (Å²) in [5, 5.41) is 0. The lowest BCUT2D eigenvalue weighted by Crippen LogP contribution is -2.35. The van der Waals surface area contributed by atoms with Crippen molar-refractivity contribution in [3.8, 4) is 0 Å². The Morgan fingerprint density at radius 2 is 1.41 bits per heavy atom. The first-order valence-corrected chi connectivity index (χ1v) is 9.46. The summed E-state index contributed by atoms with van der Waals surface area (Å²) in [4.78, 5) is 24.8. The van der Waals surface area contributed by atoms with Crippen molar-refractivity contribution in [2.45, 2.75) is 58.3 Å². The molecule has 0 fully saturated rings. The topological polar surface area (TPSA) is 43.4 Å². The van der Waals surface area contributed by atoms with E-state index in [1.165, 1.54) is 18.2 Å². The molecule has 142 valence electrons. The van der Waals surface area contributed by atoms with E-state index in [1.807, 2.05) is 6.07 Å². The maximum absolute atomic E-state index is 13.2. The van der Waals surface area contributed by atoms with Crippen molar-refractivity contribution < 1.29 is 14.3 Å². The van der Waals surface area contributed by atoms with Crippen molar-refractivity contribution in [2.75, 3.05) is 7.11 Å². The van der Waals surface area contributed by atoms with Gasteiger partial charge in [-0.15, -0.1) is 0 Å². The zero-order chi connectivity index (χ0) is 20.0. The third kappa shape index (κ3) is 3.31. The first-order chi connectivity index (χ1) is 12.6. The molecule has 0 aromatic heterocycles. The van der Waals surface area contributed by atoms with Gasteiger partial charge in [0.1, 0.15) is 0 Å². The van der Waals surface area contributed by atoms with Crippen LogP contribution < -0.4 is 0 Å². The molecule has 1 aliphatic rings. The number of ketones is 1. The van der Waals surface area contributed by atoms with Gasteiger partial charge >= 0.3 is 5.97 Å². The second kappa shape index (κ2) is 6.63. The van der Waals surface area contributed by atoms with E-state index in [2.05, 4.69) is 40.7 Å². The van der Waals surface area contributed by atoms with E-state index in [4.69, 9.17) is 4.74 Å². The zero-order valence-electron chi connectivity index (χ0n) is 17.1. The second-order valence-corrected chi connectivity index (χ2v) is 8.83. The van der Waals surface area contributed by atoms with Gasteiger partial charge in [0.05, 0.1) is 12.7 Å². The van der Waals surface area contributed by atoms with Gasteiger partial charge in [-0.3, -0.25) is 4.79 Å². The summed E-state index contributed by atoms with van der Waals surface area (Å²) in [5.41, 5.74) is 5.69. The number of esters is 1. The third-order valence-electron chi connectivity index (χ3n) is 6.06. The maximum atomic E-state index is 13.2. The Morgan fingerprint density at radius 1 is 0.852 bits per heavy atom. The maximum Gasteiger partial charge on any atom is 0.337 e. The fraction of sp³-hybridized carbons (Fsp3) is 0.417. The number of carbonyl (C=O) groups excluding carboxylic acids is 2. The number of rotatable bonds is 3. The molecule has 0 bridgehead atoms. The molecule has 0 aliphatic heterocycles. The van der Waals surface area contributed by atoms with Crippen LogP contribution >= 0.6 is 0 Å². The van der Waals surface area contributed by atoms with Crippen LogP contribution in [0, 0.1) is 6.92 Å². The van der Waals surface area contributed by atoms with E-state index in [-0.39, 0.29) is 16.6 Å². The van der Waals surface area contributed by atoms with Crippen LogP contribution in [0.2, 0.25) is 0 Å². The van der Waals surface area contributed by atoms with Crippen molar-refractivity contribution in [3.63, 3.8) is 0 Å². The second-order valence-electron chi connectivity index (χ2n) is 8.83. The van der Waals surface area contributed by atoms with E-state index in [9.17, 15) is 9.59 Å². The highest BCUT2D eigenvalue weighted by molar-refractivity contribution is 6.10. The smallest absolute Gasteiger partial charge is 0.337 e. The molecule has 3 heteroatoms. The fourth-order valence-corrected chi connectivity index (χ4v) is 4.31. The molecule has 0 N–H and O–H groups in total. The van der Waals surface area contributed by atoms with E-state index in [1.54, 1.807) is 24.3 Å². The van der Waals surface area contributed by atoms with Gasteiger partial charge in [-0.05, 0) is 59.4 Å². The summed E-state index contributed by atoms with van der Waals surface area (Å²) >= 11 is 0. The Hall–Kier alpha value is -2.42. The number of hydrogen-bond donors (Lipinski definition) is 0. The van der Waals surface area contributed by atoms with E-state index >= 15 is 0 Å². The summed E-state index contributed by atoms with van der Waals surface area (Å²) in [6.07, 6.45) is 2.26. The Labute approximate surface area is 161 Å². The Morgan fingerprint density at radius 3 is 2.00 bits per heavy atom. The lowest BCUT2D eigenvalue weighted by Gasteiger charge is -2.43. The molecule has 0 heterocycles. The number of carbonyl (C=O) groups is 2. The van der Waals surface area contributed by atoms with Gasteiger partial charge in [-0.25, -0.2) is 4.79 Å². The lowest BCUT2D eigenvalue weighted by atomic mass is 9.61. The van der Waals surface area contributed by atoms with Crippen LogP contribution in [0.4, 0.5) is 0 Å². The summed E-state index contributed by atoms with van der Waals surface area (Å²) in [7, 11) is 1.35. The molecule has 0 spiro atoms. The van der Waals surface area contributed by atoms with E-state index < -0.39 is 5.97 Å². The van der Waals surface area contributed by atoms with Gasteiger partial charge < -0.3 is 4.74 Å². The molecule has 27 heavy (non-hydrogen) atoms. The molecule has 0 unspecified atom stereocenters. The molecular weight excluding hydrogens is 336 g/mol. The summed E-state index contributed by atoms with van der Waals surface area (Å²) < 4.78 is 4.72. The first-order valence-electron chi connectivity index (χ1n) is 9.46. The predicted molar refractivity (Wildman–Crippen MR) is 108 cm³/mol. The highest BCUT2D eigenvalue weighted by Gasteiger charge is 2.38. The molecule has 3 rings (SSSR count). The molecule has 0 saturated heterocycles. The Bertz CT molecular complexity index is 902. The standard InChI is InChI=1S/C24H28O3/c1-15-18(21(25)16-7-9-17(10-8-16)22(26)27-6)11-12-19-20(15)24(4,5)14-13-23(19,2)3/h7-12H,13-14H2,1-6H3. The average molecular weight is 364 g/mol. The molecule has 0 saturated carbocycles. The lowest BCUT2D eigenvalue weighted by molar-refractivity contribution is 0.0600. The summed E-state index contributed by atoms with van der Waals surface area (Å²) in [5.74, 6) is -0.408. The SMILES string of the molecule is COC(=O)c1ccc(C(=O)c2ccc3c(c2C)C(C)(C)CCC3(C)C)cc1. The van der Waals surface area contributed by atoms with Gasteiger partial charge in [0.2, 0.25) is 0 Å². The Kier molecular flexibility index (Phi) is 4.75. The minimum absolute atomic E-state index is 0.00843. The molecule has 1 aliphatic carbocycles. The van der Waals surface area contributed by atoms with Crippen LogP contribution in [0.1, 0.15) is 83.5 Å². The minimum atomic E-state index is -0.400. The first kappa shape index (κ1) is 19.3. The normalized spacial score (nSPS) is 17.1. The average Bonchev–Trinajstić information content (AvgIpc) is 2.64. The van der Waals surface area contributed by atoms with Crippen LogP contribution in [-0.4, -0.2) is 18.9 Å². The number of ether oxygens (including phenoxy) is 1. The molecule has 3 nitrogen and oxygen atoms in total. The molecular formula is C24H28O3. The van der Waals surface area contributed by atoms with E-state index in [0.29, 0.717) is 11.1 Å². The van der Waals surface area contributed by atoms with Crippen LogP contribution in [0.3, 0.4) is 0 Å². The molecule has 2 aromatic rings. The zero-order valence-corrected chi connectivity index (χ0v) is 17.1. The quantitative estimate of drug-likeness (QED) is 0.544. The predicted octanol–water partition coefficient (Wildman–Crippen LogP) is 5.36. The highest BCUT2D eigenvalue weighted by atomic mass is 16.5. The number of fused-ring (bicyclic) bond motifs is 1. The van der Waals surface area contributed by atoms with Crippen molar-refractivity contribution in [2.24, 2.45) is 0 Å². The number of hydrogen-bond acceptors (Lipinski definition) is 3. The molecule has 0 radical (unpaired) electrons. The van der Waals surface area contributed by atoms with Gasteiger partial charge in [0.25, 0.3) is 0 Å². The van der Waals surface area contributed by atoms with Crippen molar-refractivity contribution >= 4 is 11.8 Å². The molecule has 2 aromatic carbocycles. The molecule has 0 atom stereocenters. The highest BCUT2D eigenvalue weighted by Crippen LogP contribution is 2.47. The number of benzene rings is 2. The van der Waals surface area contributed by atoms with Gasteiger partial charge in [0.15, 0.2) is 5.78 Å².